The Morgan fingerprint density at radius 3 is 2.57 bits per heavy atom. The molecule has 0 radical (unpaired) electrons. The van der Waals surface area contributed by atoms with E-state index in [1.54, 1.807) is 4.90 Å². The van der Waals surface area contributed by atoms with Crippen LogP contribution in [0.3, 0.4) is 0 Å². The third-order valence-corrected chi connectivity index (χ3v) is 4.80. The van der Waals surface area contributed by atoms with Crippen LogP contribution in [0, 0.1) is 13.8 Å². The topological polar surface area (TPSA) is 55.6 Å². The molecule has 0 bridgehead atoms. The molecule has 1 amide bonds. The minimum Gasteiger partial charge on any atom is -0.444 e. The zero-order valence-corrected chi connectivity index (χ0v) is 15.2. The SMILES string of the molecule is Cc1cccc(C2CC(N)C(C)N(C(=O)OC(C)(C)C)C2)c1C. The second-order valence-corrected chi connectivity index (χ2v) is 7.76. The highest BCUT2D eigenvalue weighted by Gasteiger charge is 2.37. The van der Waals surface area contributed by atoms with Crippen LogP contribution in [0.15, 0.2) is 18.2 Å². The van der Waals surface area contributed by atoms with E-state index in [9.17, 15) is 4.79 Å². The molecule has 1 saturated heterocycles. The van der Waals surface area contributed by atoms with Crippen molar-refractivity contribution in [3.05, 3.63) is 34.9 Å². The number of hydrogen-bond donors (Lipinski definition) is 1. The molecule has 1 fully saturated rings. The van der Waals surface area contributed by atoms with Crippen molar-refractivity contribution < 1.29 is 9.53 Å². The first kappa shape index (κ1) is 17.8. The fourth-order valence-corrected chi connectivity index (χ4v) is 3.24. The first-order valence-corrected chi connectivity index (χ1v) is 8.41. The molecule has 1 aliphatic rings. The molecule has 2 rings (SSSR count). The Hall–Kier alpha value is -1.55. The van der Waals surface area contributed by atoms with Crippen molar-refractivity contribution in [3.8, 4) is 0 Å². The van der Waals surface area contributed by atoms with Gasteiger partial charge in [0.2, 0.25) is 0 Å². The summed E-state index contributed by atoms with van der Waals surface area (Å²) in [6.07, 6.45) is 0.626. The lowest BCUT2D eigenvalue weighted by Gasteiger charge is -2.42. The Kier molecular flexibility index (Phi) is 5.04. The Morgan fingerprint density at radius 2 is 1.96 bits per heavy atom. The van der Waals surface area contributed by atoms with Crippen molar-refractivity contribution in [2.75, 3.05) is 6.54 Å². The minimum atomic E-state index is -0.493. The van der Waals surface area contributed by atoms with Crippen molar-refractivity contribution in [3.63, 3.8) is 0 Å². The Balaban J connectivity index is 2.25. The third kappa shape index (κ3) is 4.05. The number of nitrogens with two attached hydrogens (primary N) is 1. The molecule has 0 saturated carbocycles. The molecule has 3 atom stereocenters. The lowest BCUT2D eigenvalue weighted by atomic mass is 9.82. The molecule has 0 aromatic heterocycles. The number of rotatable bonds is 1. The van der Waals surface area contributed by atoms with E-state index >= 15 is 0 Å². The molecule has 1 aromatic rings. The van der Waals surface area contributed by atoms with Crippen molar-refractivity contribution >= 4 is 6.09 Å². The fourth-order valence-electron chi connectivity index (χ4n) is 3.24. The van der Waals surface area contributed by atoms with Crippen LogP contribution in [0.5, 0.6) is 0 Å². The largest absolute Gasteiger partial charge is 0.444 e. The predicted molar refractivity (Wildman–Crippen MR) is 93.7 cm³/mol. The molecule has 1 aromatic carbocycles. The summed E-state index contributed by atoms with van der Waals surface area (Å²) >= 11 is 0. The van der Waals surface area contributed by atoms with Crippen LogP contribution in [-0.2, 0) is 4.74 Å². The van der Waals surface area contributed by atoms with Gasteiger partial charge in [-0.3, -0.25) is 0 Å². The maximum atomic E-state index is 12.5. The van der Waals surface area contributed by atoms with Crippen molar-refractivity contribution in [1.82, 2.24) is 4.90 Å². The number of amides is 1. The molecule has 2 N–H and O–H groups in total. The van der Waals surface area contributed by atoms with Gasteiger partial charge in [-0.15, -0.1) is 0 Å². The summed E-state index contributed by atoms with van der Waals surface area (Å²) in [5.41, 5.74) is 9.71. The zero-order valence-electron chi connectivity index (χ0n) is 15.2. The van der Waals surface area contributed by atoms with Gasteiger partial charge < -0.3 is 15.4 Å². The van der Waals surface area contributed by atoms with E-state index in [0.717, 1.165) is 6.42 Å². The standard InChI is InChI=1S/C19H30N2O2/c1-12-8-7-9-16(13(12)2)15-10-17(20)14(3)21(11-15)18(22)23-19(4,5)6/h7-9,14-15,17H,10-11,20H2,1-6H3. The van der Waals surface area contributed by atoms with Gasteiger partial charge in [-0.1, -0.05) is 18.2 Å². The predicted octanol–water partition coefficient (Wildman–Crippen LogP) is 3.74. The van der Waals surface area contributed by atoms with Gasteiger partial charge in [0.15, 0.2) is 0 Å². The molecule has 4 nitrogen and oxygen atoms in total. The Bertz CT molecular complexity index is 577. The third-order valence-electron chi connectivity index (χ3n) is 4.80. The van der Waals surface area contributed by atoms with Crippen LogP contribution in [0.1, 0.15) is 56.7 Å². The summed E-state index contributed by atoms with van der Waals surface area (Å²) in [6, 6.07) is 6.31. The number of nitrogens with zero attached hydrogens (tertiary/aromatic N) is 1. The molecule has 0 spiro atoms. The fraction of sp³-hybridized carbons (Fsp3) is 0.632. The Labute approximate surface area is 140 Å². The lowest BCUT2D eigenvalue weighted by Crippen LogP contribution is -2.56. The van der Waals surface area contributed by atoms with Gasteiger partial charge in [-0.25, -0.2) is 4.79 Å². The highest BCUT2D eigenvalue weighted by molar-refractivity contribution is 5.69. The van der Waals surface area contributed by atoms with E-state index in [2.05, 4.69) is 32.0 Å². The monoisotopic (exact) mass is 318 g/mol. The molecular formula is C19H30N2O2. The number of piperidine rings is 1. The van der Waals surface area contributed by atoms with Gasteiger partial charge in [0.25, 0.3) is 0 Å². The Morgan fingerprint density at radius 1 is 1.30 bits per heavy atom. The molecule has 3 unspecified atom stereocenters. The molecule has 1 aliphatic heterocycles. The number of aryl methyl sites for hydroxylation is 1. The van der Waals surface area contributed by atoms with E-state index in [1.807, 2.05) is 27.7 Å². The van der Waals surface area contributed by atoms with E-state index < -0.39 is 5.60 Å². The van der Waals surface area contributed by atoms with Gasteiger partial charge >= 0.3 is 6.09 Å². The lowest BCUT2D eigenvalue weighted by molar-refractivity contribution is 0.00663. The number of carbonyl (C=O) groups is 1. The van der Waals surface area contributed by atoms with Crippen LogP contribution >= 0.6 is 0 Å². The molecule has 0 aliphatic carbocycles. The second kappa shape index (κ2) is 6.52. The summed E-state index contributed by atoms with van der Waals surface area (Å²) in [6.45, 7) is 12.6. The molecule has 4 heteroatoms. The summed E-state index contributed by atoms with van der Waals surface area (Å²) in [4.78, 5) is 14.3. The number of ether oxygens (including phenoxy) is 1. The maximum absolute atomic E-state index is 12.5. The van der Waals surface area contributed by atoms with Gasteiger partial charge in [0.05, 0.1) is 0 Å². The van der Waals surface area contributed by atoms with E-state index in [4.69, 9.17) is 10.5 Å². The average molecular weight is 318 g/mol. The van der Waals surface area contributed by atoms with E-state index in [-0.39, 0.29) is 24.1 Å². The van der Waals surface area contributed by atoms with Gasteiger partial charge in [0, 0.05) is 24.5 Å². The van der Waals surface area contributed by atoms with Crippen LogP contribution < -0.4 is 5.73 Å². The highest BCUT2D eigenvalue weighted by Crippen LogP contribution is 2.33. The summed E-state index contributed by atoms with van der Waals surface area (Å²) in [5, 5.41) is 0. The quantitative estimate of drug-likeness (QED) is 0.858. The molecular weight excluding hydrogens is 288 g/mol. The van der Waals surface area contributed by atoms with Gasteiger partial charge in [-0.2, -0.15) is 0 Å². The van der Waals surface area contributed by atoms with Crippen molar-refractivity contribution in [2.45, 2.75) is 71.6 Å². The summed E-state index contributed by atoms with van der Waals surface area (Å²) < 4.78 is 5.57. The van der Waals surface area contributed by atoms with Crippen LogP contribution in [0.4, 0.5) is 4.79 Å². The average Bonchev–Trinajstić information content (AvgIpc) is 2.43. The molecule has 1 heterocycles. The molecule has 128 valence electrons. The smallest absolute Gasteiger partial charge is 0.410 e. The number of likely N-dealkylation sites (tertiary alicyclic amines) is 1. The maximum Gasteiger partial charge on any atom is 0.410 e. The zero-order chi connectivity index (χ0) is 17.4. The summed E-state index contributed by atoms with van der Waals surface area (Å²) in [5.74, 6) is 0.258. The van der Waals surface area contributed by atoms with Crippen LogP contribution in [0.2, 0.25) is 0 Å². The van der Waals surface area contributed by atoms with Gasteiger partial charge in [-0.05, 0) is 64.7 Å². The van der Waals surface area contributed by atoms with Crippen molar-refractivity contribution in [1.29, 1.82) is 0 Å². The first-order valence-electron chi connectivity index (χ1n) is 8.41. The van der Waals surface area contributed by atoms with Gasteiger partial charge in [0.1, 0.15) is 5.60 Å². The number of benzene rings is 1. The summed E-state index contributed by atoms with van der Waals surface area (Å²) in [7, 11) is 0. The van der Waals surface area contributed by atoms with E-state index in [1.165, 1.54) is 16.7 Å². The van der Waals surface area contributed by atoms with Crippen LogP contribution in [0.25, 0.3) is 0 Å². The number of hydrogen-bond acceptors (Lipinski definition) is 3. The molecule has 23 heavy (non-hydrogen) atoms. The highest BCUT2D eigenvalue weighted by atomic mass is 16.6. The number of carbonyl (C=O) groups excluding carboxylic acids is 1. The second-order valence-electron chi connectivity index (χ2n) is 7.76. The van der Waals surface area contributed by atoms with Crippen LogP contribution in [-0.4, -0.2) is 35.2 Å². The first-order chi connectivity index (χ1) is 10.6. The van der Waals surface area contributed by atoms with Crippen molar-refractivity contribution in [2.24, 2.45) is 5.73 Å². The minimum absolute atomic E-state index is 0.00813. The van der Waals surface area contributed by atoms with E-state index in [0.29, 0.717) is 6.54 Å². The normalized spacial score (nSPS) is 25.3.